The van der Waals surface area contributed by atoms with E-state index in [1.165, 1.54) is 36.1 Å². The van der Waals surface area contributed by atoms with Crippen molar-refractivity contribution in [2.75, 3.05) is 0 Å². The van der Waals surface area contributed by atoms with Crippen LogP contribution in [0.2, 0.25) is 0 Å². The fourth-order valence-corrected chi connectivity index (χ4v) is 3.00. The van der Waals surface area contributed by atoms with E-state index in [2.05, 4.69) is 29.6 Å². The minimum atomic E-state index is 0.603. The zero-order chi connectivity index (χ0) is 11.7. The number of hydrogen-bond acceptors (Lipinski definition) is 3. The van der Waals surface area contributed by atoms with Gasteiger partial charge in [-0.2, -0.15) is 0 Å². The Hall–Kier alpha value is -1.19. The highest BCUT2D eigenvalue weighted by molar-refractivity contribution is 7.13. The van der Waals surface area contributed by atoms with E-state index in [1.54, 1.807) is 11.3 Å². The van der Waals surface area contributed by atoms with Gasteiger partial charge in [0.1, 0.15) is 5.01 Å². The lowest BCUT2D eigenvalue weighted by Gasteiger charge is -2.22. The highest BCUT2D eigenvalue weighted by Gasteiger charge is 2.22. The predicted molar refractivity (Wildman–Crippen MR) is 72.0 cm³/mol. The molecule has 88 valence electrons. The highest BCUT2D eigenvalue weighted by Crippen LogP contribution is 2.38. The molecule has 1 aromatic carbocycles. The molecule has 1 fully saturated rings. The molecule has 2 aromatic rings. The molecule has 3 rings (SSSR count). The predicted octanol–water partition coefficient (Wildman–Crippen LogP) is 3.54. The Labute approximate surface area is 106 Å². The van der Waals surface area contributed by atoms with Crippen LogP contribution in [0.4, 0.5) is 0 Å². The number of benzene rings is 1. The van der Waals surface area contributed by atoms with Gasteiger partial charge in [0.25, 0.3) is 0 Å². The third-order valence-electron chi connectivity index (χ3n) is 3.48. The number of aromatic nitrogens is 1. The number of hydrogen-bond donors (Lipinski definition) is 1. The van der Waals surface area contributed by atoms with Crippen molar-refractivity contribution in [2.24, 2.45) is 5.73 Å². The molecule has 0 spiro atoms. The minimum absolute atomic E-state index is 0.603. The van der Waals surface area contributed by atoms with E-state index in [1.807, 2.05) is 0 Å². The standard InChI is InChI=1S/C14H16N2S/c15-8-10-4-6-12(7-5-10)14-16-13(9-17-14)11-2-1-3-11/h4-7,9,11H,1-3,8,15H2. The summed E-state index contributed by atoms with van der Waals surface area (Å²) in [4.78, 5) is 4.75. The molecule has 1 heterocycles. The third-order valence-corrected chi connectivity index (χ3v) is 4.39. The van der Waals surface area contributed by atoms with Crippen LogP contribution in [0, 0.1) is 0 Å². The molecule has 1 aliphatic carbocycles. The maximum Gasteiger partial charge on any atom is 0.123 e. The van der Waals surface area contributed by atoms with Gasteiger partial charge in [0.05, 0.1) is 5.69 Å². The summed E-state index contributed by atoms with van der Waals surface area (Å²) >= 11 is 1.75. The molecule has 0 atom stereocenters. The van der Waals surface area contributed by atoms with Crippen molar-refractivity contribution in [1.82, 2.24) is 4.98 Å². The molecule has 0 amide bonds. The monoisotopic (exact) mass is 244 g/mol. The van der Waals surface area contributed by atoms with Gasteiger partial charge in [-0.3, -0.25) is 0 Å². The highest BCUT2D eigenvalue weighted by atomic mass is 32.1. The van der Waals surface area contributed by atoms with Gasteiger partial charge >= 0.3 is 0 Å². The molecule has 0 bridgehead atoms. The van der Waals surface area contributed by atoms with E-state index >= 15 is 0 Å². The van der Waals surface area contributed by atoms with Gasteiger partial charge in [-0.25, -0.2) is 4.98 Å². The first-order valence-electron chi connectivity index (χ1n) is 6.11. The van der Waals surface area contributed by atoms with Crippen molar-refractivity contribution in [3.8, 4) is 10.6 Å². The van der Waals surface area contributed by atoms with Gasteiger partial charge in [-0.05, 0) is 18.4 Å². The quantitative estimate of drug-likeness (QED) is 0.897. The van der Waals surface area contributed by atoms with Crippen LogP contribution in [0.3, 0.4) is 0 Å². The van der Waals surface area contributed by atoms with Crippen LogP contribution in [-0.4, -0.2) is 4.98 Å². The maximum atomic E-state index is 5.60. The van der Waals surface area contributed by atoms with E-state index in [4.69, 9.17) is 10.7 Å². The summed E-state index contributed by atoms with van der Waals surface area (Å²) in [5.41, 5.74) is 9.26. The topological polar surface area (TPSA) is 38.9 Å². The second kappa shape index (κ2) is 4.59. The minimum Gasteiger partial charge on any atom is -0.326 e. The molecule has 0 unspecified atom stereocenters. The lowest BCUT2D eigenvalue weighted by Crippen LogP contribution is -2.08. The first kappa shape index (κ1) is 10.9. The van der Waals surface area contributed by atoms with Crippen LogP contribution < -0.4 is 5.73 Å². The fourth-order valence-electron chi connectivity index (χ4n) is 2.09. The number of thiazole rings is 1. The molecule has 17 heavy (non-hydrogen) atoms. The normalized spacial score (nSPS) is 15.8. The summed E-state index contributed by atoms with van der Waals surface area (Å²) < 4.78 is 0. The Bertz CT molecular complexity index is 497. The van der Waals surface area contributed by atoms with Crippen molar-refractivity contribution in [1.29, 1.82) is 0 Å². The molecule has 1 aliphatic rings. The van der Waals surface area contributed by atoms with Crippen LogP contribution in [0.5, 0.6) is 0 Å². The van der Waals surface area contributed by atoms with Crippen molar-refractivity contribution in [2.45, 2.75) is 31.7 Å². The van der Waals surface area contributed by atoms with Crippen LogP contribution in [0.25, 0.3) is 10.6 Å². The molecule has 3 heteroatoms. The zero-order valence-electron chi connectivity index (χ0n) is 9.73. The number of rotatable bonds is 3. The van der Waals surface area contributed by atoms with E-state index in [0.29, 0.717) is 6.54 Å². The van der Waals surface area contributed by atoms with Gasteiger partial charge in [-0.15, -0.1) is 11.3 Å². The van der Waals surface area contributed by atoms with E-state index < -0.39 is 0 Å². The average Bonchev–Trinajstić information content (AvgIpc) is 2.76. The van der Waals surface area contributed by atoms with Gasteiger partial charge in [-0.1, -0.05) is 30.7 Å². The van der Waals surface area contributed by atoms with Crippen LogP contribution in [0.15, 0.2) is 29.6 Å². The summed E-state index contributed by atoms with van der Waals surface area (Å²) in [5.74, 6) is 0.725. The second-order valence-corrected chi connectivity index (χ2v) is 5.46. The smallest absolute Gasteiger partial charge is 0.123 e. The molecular formula is C14H16N2S. The van der Waals surface area contributed by atoms with Crippen molar-refractivity contribution in [3.05, 3.63) is 40.9 Å². The van der Waals surface area contributed by atoms with Gasteiger partial charge in [0.15, 0.2) is 0 Å². The summed E-state index contributed by atoms with van der Waals surface area (Å²) in [6.07, 6.45) is 3.99. The molecule has 1 saturated carbocycles. The number of nitrogens with two attached hydrogens (primary N) is 1. The number of nitrogens with zero attached hydrogens (tertiary/aromatic N) is 1. The first-order chi connectivity index (χ1) is 8.36. The van der Waals surface area contributed by atoms with Gasteiger partial charge in [0.2, 0.25) is 0 Å². The summed E-state index contributed by atoms with van der Waals surface area (Å²) in [5, 5.41) is 3.35. The van der Waals surface area contributed by atoms with E-state index in [-0.39, 0.29) is 0 Å². The average molecular weight is 244 g/mol. The van der Waals surface area contributed by atoms with Crippen molar-refractivity contribution in [3.63, 3.8) is 0 Å². The Morgan fingerprint density at radius 2 is 2.00 bits per heavy atom. The summed E-state index contributed by atoms with van der Waals surface area (Å²) in [6, 6.07) is 8.40. The second-order valence-electron chi connectivity index (χ2n) is 4.61. The van der Waals surface area contributed by atoms with E-state index in [0.717, 1.165) is 10.9 Å². The zero-order valence-corrected chi connectivity index (χ0v) is 10.5. The first-order valence-corrected chi connectivity index (χ1v) is 6.99. The molecular weight excluding hydrogens is 228 g/mol. The van der Waals surface area contributed by atoms with Crippen LogP contribution in [0.1, 0.15) is 36.4 Å². The Balaban J connectivity index is 1.84. The molecule has 0 radical (unpaired) electrons. The third kappa shape index (κ3) is 2.13. The molecule has 0 saturated heterocycles. The lowest BCUT2D eigenvalue weighted by molar-refractivity contribution is 0.413. The Morgan fingerprint density at radius 1 is 1.24 bits per heavy atom. The van der Waals surface area contributed by atoms with Crippen molar-refractivity contribution < 1.29 is 0 Å². The molecule has 2 nitrogen and oxygen atoms in total. The molecule has 1 aromatic heterocycles. The lowest BCUT2D eigenvalue weighted by atomic mass is 9.83. The largest absolute Gasteiger partial charge is 0.326 e. The summed E-state index contributed by atoms with van der Waals surface area (Å²) in [7, 11) is 0. The van der Waals surface area contributed by atoms with Gasteiger partial charge in [0, 0.05) is 23.4 Å². The SMILES string of the molecule is NCc1ccc(-c2nc(C3CCC3)cs2)cc1. The van der Waals surface area contributed by atoms with Gasteiger partial charge < -0.3 is 5.73 Å². The molecule has 0 aliphatic heterocycles. The molecule has 2 N–H and O–H groups in total. The fraction of sp³-hybridized carbons (Fsp3) is 0.357. The Morgan fingerprint density at radius 3 is 2.59 bits per heavy atom. The summed E-state index contributed by atoms with van der Waals surface area (Å²) in [6.45, 7) is 0.603. The van der Waals surface area contributed by atoms with E-state index in [9.17, 15) is 0 Å². The Kier molecular flexibility index (Phi) is 2.95. The van der Waals surface area contributed by atoms with Crippen molar-refractivity contribution >= 4 is 11.3 Å². The van der Waals surface area contributed by atoms with Crippen LogP contribution >= 0.6 is 11.3 Å². The van der Waals surface area contributed by atoms with Crippen LogP contribution in [-0.2, 0) is 6.54 Å². The maximum absolute atomic E-state index is 5.60.